The Bertz CT molecular complexity index is 1690. The van der Waals surface area contributed by atoms with Crippen molar-refractivity contribution in [2.45, 2.75) is 99.0 Å². The van der Waals surface area contributed by atoms with Gasteiger partial charge in [-0.25, -0.2) is 14.3 Å². The summed E-state index contributed by atoms with van der Waals surface area (Å²) in [5.74, 6) is -0.962. The molecule has 2 rings (SSSR count). The first kappa shape index (κ1) is 55.7. The molecule has 0 saturated heterocycles. The minimum Gasteiger partial charge on any atom is -0.445 e. The van der Waals surface area contributed by atoms with E-state index in [-0.39, 0.29) is 38.6 Å². The monoisotopic (exact) mass is 921 g/mol. The van der Waals surface area contributed by atoms with Crippen LogP contribution in [0, 0.1) is 11.8 Å². The lowest BCUT2D eigenvalue weighted by atomic mass is 10.0. The van der Waals surface area contributed by atoms with E-state index in [0.717, 1.165) is 13.0 Å². The van der Waals surface area contributed by atoms with Crippen molar-refractivity contribution in [3.8, 4) is 0 Å². The first-order chi connectivity index (χ1) is 31.2. The summed E-state index contributed by atoms with van der Waals surface area (Å²) >= 11 is 0. The van der Waals surface area contributed by atoms with E-state index in [1.165, 1.54) is 0 Å². The molecular formula is C43H72N10O12. The summed E-state index contributed by atoms with van der Waals surface area (Å²) in [6.07, 6.45) is 2.86. The van der Waals surface area contributed by atoms with Gasteiger partial charge in [-0.05, 0) is 69.1 Å². The fourth-order valence-electron chi connectivity index (χ4n) is 5.48. The first-order valence-electron chi connectivity index (χ1n) is 22.1. The Hall–Kier alpha value is -5.42. The molecule has 0 aliphatic rings. The number of benzene rings is 1. The third-order valence-corrected chi connectivity index (χ3v) is 8.79. The molecule has 0 fully saturated rings. The number of nitrogens with zero attached hydrogens (tertiary/aromatic N) is 4. The molecule has 22 heteroatoms. The van der Waals surface area contributed by atoms with Crippen LogP contribution in [0.25, 0.3) is 0 Å². The molecule has 1 heterocycles. The average Bonchev–Trinajstić information content (AvgIpc) is 3.71. The minimum absolute atomic E-state index is 0.0321. The van der Waals surface area contributed by atoms with Gasteiger partial charge >= 0.3 is 12.1 Å². The third kappa shape index (κ3) is 28.9. The molecule has 0 aliphatic heterocycles. The number of amides is 6. The van der Waals surface area contributed by atoms with E-state index in [1.807, 2.05) is 13.8 Å². The van der Waals surface area contributed by atoms with Crippen LogP contribution < -0.4 is 32.3 Å². The van der Waals surface area contributed by atoms with Gasteiger partial charge < -0.3 is 65.6 Å². The molecule has 0 bridgehead atoms. The second-order valence-electron chi connectivity index (χ2n) is 15.9. The highest BCUT2D eigenvalue weighted by molar-refractivity contribution is 5.98. The van der Waals surface area contributed by atoms with Crippen molar-refractivity contribution in [3.05, 3.63) is 41.7 Å². The molecule has 0 aliphatic carbocycles. The van der Waals surface area contributed by atoms with E-state index in [0.29, 0.717) is 107 Å². The molecule has 1 aromatic carbocycles. The van der Waals surface area contributed by atoms with Crippen molar-refractivity contribution in [1.29, 1.82) is 0 Å². The number of urea groups is 1. The molecule has 6 amide bonds. The fourth-order valence-corrected chi connectivity index (χ4v) is 5.48. The van der Waals surface area contributed by atoms with Gasteiger partial charge in [0, 0.05) is 18.8 Å². The Labute approximate surface area is 382 Å². The zero-order valence-corrected chi connectivity index (χ0v) is 38.9. The summed E-state index contributed by atoms with van der Waals surface area (Å²) in [4.78, 5) is 68.0. The summed E-state index contributed by atoms with van der Waals surface area (Å²) in [5.41, 5.74) is 7.40. The number of hydrogen-bond donors (Lipinski definition) is 6. The molecule has 0 saturated carbocycles. The average molecular weight is 921 g/mol. The van der Waals surface area contributed by atoms with Crippen LogP contribution in [-0.4, -0.2) is 142 Å². The number of carbonyl (C=O) groups excluding carboxylic acids is 5. The van der Waals surface area contributed by atoms with Crippen molar-refractivity contribution in [1.82, 2.24) is 36.3 Å². The highest BCUT2D eigenvalue weighted by Gasteiger charge is 2.27. The molecule has 1 aromatic heterocycles. The van der Waals surface area contributed by atoms with Crippen molar-refractivity contribution in [2.24, 2.45) is 22.7 Å². The van der Waals surface area contributed by atoms with Gasteiger partial charge in [-0.3, -0.25) is 14.4 Å². The van der Waals surface area contributed by atoms with E-state index in [4.69, 9.17) is 39.0 Å². The number of carbonyl (C=O) groups is 5. The Morgan fingerprint density at radius 3 is 1.94 bits per heavy atom. The van der Waals surface area contributed by atoms with E-state index in [1.54, 1.807) is 49.0 Å². The summed E-state index contributed by atoms with van der Waals surface area (Å²) in [6.45, 7) is 17.0. The third-order valence-electron chi connectivity index (χ3n) is 8.79. The zero-order chi connectivity index (χ0) is 47.7. The maximum Gasteiger partial charge on any atom is 0.407 e. The lowest BCUT2D eigenvalue weighted by molar-refractivity contribution is -0.133. The number of rotatable bonds is 36. The molecule has 0 radical (unpaired) electrons. The number of oxime groups is 1. The topological polar surface area (TPSA) is 279 Å². The number of ether oxygens (including phenoxy) is 6. The predicted octanol–water partition coefficient (Wildman–Crippen LogP) is 2.65. The van der Waals surface area contributed by atoms with Gasteiger partial charge in [-0.2, -0.15) is 0 Å². The van der Waals surface area contributed by atoms with Gasteiger partial charge in [0.05, 0.1) is 84.5 Å². The maximum atomic E-state index is 13.5. The van der Waals surface area contributed by atoms with Crippen molar-refractivity contribution >= 4 is 41.2 Å². The van der Waals surface area contributed by atoms with Crippen molar-refractivity contribution in [2.75, 3.05) is 84.5 Å². The van der Waals surface area contributed by atoms with Gasteiger partial charge in [0.15, 0.2) is 6.61 Å². The highest BCUT2D eigenvalue weighted by Crippen LogP contribution is 2.13. The summed E-state index contributed by atoms with van der Waals surface area (Å²) in [7, 11) is 0. The molecule has 0 unspecified atom stereocenters. The van der Waals surface area contributed by atoms with Crippen LogP contribution in [0.3, 0.4) is 0 Å². The molecule has 0 spiro atoms. The smallest absolute Gasteiger partial charge is 0.407 e. The lowest BCUT2D eigenvalue weighted by Crippen LogP contribution is -2.53. The highest BCUT2D eigenvalue weighted by atomic mass is 16.6. The lowest BCUT2D eigenvalue weighted by Gasteiger charge is -2.24. The van der Waals surface area contributed by atoms with Gasteiger partial charge in [0.25, 0.3) is 5.91 Å². The van der Waals surface area contributed by atoms with Crippen molar-refractivity contribution in [3.63, 3.8) is 0 Å². The largest absolute Gasteiger partial charge is 0.445 e. The molecular weight excluding hydrogens is 849 g/mol. The summed E-state index contributed by atoms with van der Waals surface area (Å²) < 4.78 is 34.6. The number of nitrogens with two attached hydrogens (primary N) is 1. The molecule has 2 atom stereocenters. The summed E-state index contributed by atoms with van der Waals surface area (Å²) in [6, 6.07) is 3.91. The molecule has 65 heavy (non-hydrogen) atoms. The fraction of sp³-hybridized carbons (Fsp3) is 0.674. The minimum atomic E-state index is -1.02. The van der Waals surface area contributed by atoms with Crippen molar-refractivity contribution < 1.29 is 57.2 Å². The second-order valence-corrected chi connectivity index (χ2v) is 15.9. The Morgan fingerprint density at radius 2 is 1.35 bits per heavy atom. The number of anilines is 1. The van der Waals surface area contributed by atoms with Gasteiger partial charge in [-0.1, -0.05) is 50.2 Å². The SMILES string of the molecule is CC(C)=NOCC(=O)N[C@@H](CC(C)C)C(=O)N[C@@H](CCCNC(N)=O)C(=O)Nc1ccc(COC(=O)NCc2cn(CCOCCOCCOCCOCCOCCC(C)C)nn2)cc1. The van der Waals surface area contributed by atoms with Crippen LogP contribution in [0.15, 0.2) is 35.6 Å². The van der Waals surface area contributed by atoms with Crippen LogP contribution >= 0.6 is 0 Å². The predicted molar refractivity (Wildman–Crippen MR) is 241 cm³/mol. The van der Waals surface area contributed by atoms with E-state index in [2.05, 4.69) is 55.9 Å². The Balaban J connectivity index is 1.69. The van der Waals surface area contributed by atoms with E-state index >= 15 is 0 Å². The normalized spacial score (nSPS) is 12.0. The zero-order valence-electron chi connectivity index (χ0n) is 38.9. The molecule has 2 aromatic rings. The number of nitrogens with one attached hydrogen (secondary N) is 5. The number of alkyl carbamates (subject to hydrolysis) is 1. The maximum absolute atomic E-state index is 13.5. The molecule has 7 N–H and O–H groups in total. The standard InChI is InChI=1S/C43H72N10O12/c1-31(2)13-16-59-18-20-61-22-24-63-25-23-62-21-19-60-17-15-53-28-36(50-52-53)27-46-43(58)64-29-34-9-11-35(12-10-34)47-40(55)37(8-7-14-45-42(44)57)49-41(56)38(26-32(3)4)48-39(54)30-65-51-33(5)6/h9-12,28,31-32,37-38H,7-8,13-27,29-30H2,1-6H3,(H,46,58)(H,47,55)(H,48,54)(H,49,56)(H3,44,45,57)/t37-,38-/m0/s1. The summed E-state index contributed by atoms with van der Waals surface area (Å²) in [5, 5.41) is 25.1. The van der Waals surface area contributed by atoms with Gasteiger partial charge in [-0.15, -0.1) is 5.10 Å². The second kappa shape index (κ2) is 34.0. The van der Waals surface area contributed by atoms with Gasteiger partial charge in [0.1, 0.15) is 24.4 Å². The van der Waals surface area contributed by atoms with E-state index < -0.39 is 41.9 Å². The number of hydrogen-bond acceptors (Lipinski definition) is 15. The Kier molecular flexibility index (Phi) is 29.1. The van der Waals surface area contributed by atoms with Crippen LogP contribution in [-0.2, 0) is 67.3 Å². The van der Waals surface area contributed by atoms with Crippen LogP contribution in [0.5, 0.6) is 0 Å². The van der Waals surface area contributed by atoms with Crippen LogP contribution in [0.1, 0.15) is 78.5 Å². The molecule has 366 valence electrons. The quantitative estimate of drug-likeness (QED) is 0.0326. The first-order valence-corrected chi connectivity index (χ1v) is 22.1. The van der Waals surface area contributed by atoms with Gasteiger partial charge in [0.2, 0.25) is 11.8 Å². The van der Waals surface area contributed by atoms with E-state index in [9.17, 15) is 24.0 Å². The number of aromatic nitrogens is 3. The Morgan fingerprint density at radius 1 is 0.738 bits per heavy atom. The van der Waals surface area contributed by atoms with Crippen LogP contribution in [0.4, 0.5) is 15.3 Å². The number of primary amides is 1. The molecule has 22 nitrogen and oxygen atoms in total. The van der Waals surface area contributed by atoms with Crippen LogP contribution in [0.2, 0.25) is 0 Å².